The quantitative estimate of drug-likeness (QED) is 0.112. The first kappa shape index (κ1) is 63.5. The van der Waals surface area contributed by atoms with Crippen molar-refractivity contribution in [3.05, 3.63) is 264 Å². The molecule has 0 radical (unpaired) electrons. The Bertz CT molecular complexity index is 4890. The summed E-state index contributed by atoms with van der Waals surface area (Å²) in [6.45, 7) is 44.0. The summed E-state index contributed by atoms with van der Waals surface area (Å²) in [4.78, 5) is 13.3. The van der Waals surface area contributed by atoms with Crippen LogP contribution in [0.15, 0.2) is 168 Å². The molecule has 0 spiro atoms. The van der Waals surface area contributed by atoms with E-state index in [0.29, 0.717) is 0 Å². The number of hydrogen-bond acceptors (Lipinski definition) is 5. The number of para-hydroxylation sites is 2. The molecule has 6 heteroatoms. The van der Waals surface area contributed by atoms with E-state index in [9.17, 15) is 0 Å². The lowest BCUT2D eigenvalue weighted by molar-refractivity contribution is 0.665. The van der Waals surface area contributed by atoms with Crippen LogP contribution < -0.4 is 10.4 Å². The van der Waals surface area contributed by atoms with Crippen LogP contribution in [0.4, 0.5) is 0 Å². The fraction of sp³-hybridized carbons (Fsp3) is 0.241. The standard InChI is InChI=1S/C17H20Si.C16H15N.C15H14O.C15H14S.C12H13N.C8H11N/c1-11-10-15-14-8-6-7-9-16(14)18(4,5)17(15)13(3)12(11)2;1-10-8-14-9-13-6-4-5-7-15(13)17-16(14)12(3)11(10)2;2*1-9-8-13-12-6-4-5-7-14(12)16-15(13)11(3)10(9)2;1-8-7-11-5-4-6-13-12(11)10(3)9(8)2;1-6-4-5-9-8(3)7(6)2/h6-10H,1-5H3;4-9H,1-3H3;2*4-8H,1-3H3;4-7H,1-3H3;4-5H,1-3H3. The number of fused-ring (bicyclic) bond motifs is 12. The maximum atomic E-state index is 5.92. The fourth-order valence-corrected chi connectivity index (χ4v) is 17.8. The van der Waals surface area contributed by atoms with Gasteiger partial charge in [0.1, 0.15) is 19.2 Å². The average molecular weight is 1200 g/mol. The minimum Gasteiger partial charge on any atom is -0.456 e. The summed E-state index contributed by atoms with van der Waals surface area (Å²) in [7, 11) is -1.48. The van der Waals surface area contributed by atoms with Gasteiger partial charge in [0, 0.05) is 65.2 Å². The lowest BCUT2D eigenvalue weighted by Crippen LogP contribution is -2.50. The van der Waals surface area contributed by atoms with Gasteiger partial charge in [-0.1, -0.05) is 104 Å². The van der Waals surface area contributed by atoms with Gasteiger partial charge in [-0.25, -0.2) is 4.98 Å². The first-order valence-electron chi connectivity index (χ1n) is 31.3. The van der Waals surface area contributed by atoms with Gasteiger partial charge in [0.2, 0.25) is 0 Å². The molecule has 0 atom stereocenters. The van der Waals surface area contributed by atoms with E-state index in [2.05, 4.69) is 262 Å². The van der Waals surface area contributed by atoms with Crippen molar-refractivity contribution in [2.24, 2.45) is 0 Å². The van der Waals surface area contributed by atoms with Crippen LogP contribution in [0.5, 0.6) is 0 Å². The maximum Gasteiger partial charge on any atom is 0.138 e. The molecule has 4 nitrogen and oxygen atoms in total. The van der Waals surface area contributed by atoms with Crippen molar-refractivity contribution in [2.75, 3.05) is 0 Å². The first-order valence-corrected chi connectivity index (χ1v) is 35.1. The Morgan fingerprint density at radius 2 is 0.910 bits per heavy atom. The predicted molar refractivity (Wildman–Crippen MR) is 392 cm³/mol. The number of thiophene rings is 1. The SMILES string of the molecule is Cc1cc2c(c(C)c1C)[Si](C)(C)c1ccccc1-2.Cc1cc2c(oc3ccccc32)c(C)c1C.Cc1cc2c(sc3ccccc32)c(C)c1C.Cc1cc2cc3ccccc3nc2c(C)c1C.Cc1cc2cccnc2c(C)c1C.Cc1ccnc(C)c1C. The van der Waals surface area contributed by atoms with Crippen molar-refractivity contribution >= 4 is 105 Å². The number of hydrogen-bond donors (Lipinski definition) is 0. The molecule has 1 aliphatic heterocycles. The van der Waals surface area contributed by atoms with Crippen LogP contribution in [0.3, 0.4) is 0 Å². The molecule has 1 aliphatic rings. The van der Waals surface area contributed by atoms with Crippen molar-refractivity contribution in [1.82, 2.24) is 15.0 Å². The Morgan fingerprint density at radius 3 is 1.62 bits per heavy atom. The minimum atomic E-state index is -1.48. The summed E-state index contributed by atoms with van der Waals surface area (Å²) < 4.78 is 8.76. The number of benzene rings is 9. The predicted octanol–water partition coefficient (Wildman–Crippen LogP) is 22.4. The van der Waals surface area contributed by atoms with Crippen molar-refractivity contribution in [3.8, 4) is 11.1 Å². The third-order valence-corrected chi connectivity index (χ3v) is 24.7. The molecule has 0 saturated heterocycles. The molecule has 0 bridgehead atoms. The monoisotopic (exact) mass is 1200 g/mol. The van der Waals surface area contributed by atoms with Gasteiger partial charge in [0.15, 0.2) is 0 Å². The Morgan fingerprint density at radius 1 is 0.360 bits per heavy atom. The lowest BCUT2D eigenvalue weighted by atomic mass is 9.96. The van der Waals surface area contributed by atoms with Gasteiger partial charge in [-0.2, -0.15) is 0 Å². The van der Waals surface area contributed by atoms with Crippen LogP contribution in [-0.2, 0) is 0 Å². The van der Waals surface area contributed by atoms with Crippen molar-refractivity contribution in [1.29, 1.82) is 0 Å². The number of aromatic nitrogens is 3. The van der Waals surface area contributed by atoms with Gasteiger partial charge in [-0.15, -0.1) is 11.3 Å². The lowest BCUT2D eigenvalue weighted by Gasteiger charge is -2.22. The molecular formula is C83H87N3OSSi. The minimum absolute atomic E-state index is 0.977. The molecule has 89 heavy (non-hydrogen) atoms. The Balaban J connectivity index is 0.000000119. The number of aryl methyl sites for hydroxylation is 11. The number of furan rings is 1. The van der Waals surface area contributed by atoms with E-state index in [0.717, 1.165) is 33.4 Å². The van der Waals surface area contributed by atoms with Gasteiger partial charge in [-0.3, -0.25) is 9.97 Å². The summed E-state index contributed by atoms with van der Waals surface area (Å²) in [5.41, 5.74) is 32.7. The van der Waals surface area contributed by atoms with E-state index in [1.807, 2.05) is 61.0 Å². The van der Waals surface area contributed by atoms with Gasteiger partial charge >= 0.3 is 0 Å². The fourth-order valence-electron chi connectivity index (χ4n) is 12.8. The smallest absolute Gasteiger partial charge is 0.138 e. The maximum absolute atomic E-state index is 5.92. The molecule has 0 fully saturated rings. The van der Waals surface area contributed by atoms with Crippen LogP contribution in [-0.4, -0.2) is 23.0 Å². The highest BCUT2D eigenvalue weighted by molar-refractivity contribution is 7.26. The molecule has 0 amide bonds. The van der Waals surface area contributed by atoms with E-state index in [1.165, 1.54) is 153 Å². The summed E-state index contributed by atoms with van der Waals surface area (Å²) in [6.07, 6.45) is 3.70. The van der Waals surface area contributed by atoms with E-state index >= 15 is 0 Å². The van der Waals surface area contributed by atoms with Gasteiger partial charge in [-0.05, 0) is 301 Å². The zero-order valence-corrected chi connectivity index (χ0v) is 58.1. The molecule has 0 N–H and O–H groups in total. The largest absolute Gasteiger partial charge is 0.456 e. The Kier molecular flexibility index (Phi) is 18.5. The Labute approximate surface area is 533 Å². The Hall–Kier alpha value is -8.55. The molecule has 14 aromatic rings. The number of nitrogens with zero attached hydrogens (tertiary/aromatic N) is 3. The zero-order valence-electron chi connectivity index (χ0n) is 56.2. The average Bonchev–Trinajstić information content (AvgIpc) is 1.64. The highest BCUT2D eigenvalue weighted by Crippen LogP contribution is 2.39. The topological polar surface area (TPSA) is 51.8 Å². The third-order valence-electron chi connectivity index (χ3n) is 19.7. The zero-order chi connectivity index (χ0) is 63.9. The molecule has 0 unspecified atom stereocenters. The highest BCUT2D eigenvalue weighted by Gasteiger charge is 2.39. The van der Waals surface area contributed by atoms with Gasteiger partial charge < -0.3 is 4.42 Å². The van der Waals surface area contributed by atoms with Crippen molar-refractivity contribution in [2.45, 2.75) is 138 Å². The summed E-state index contributed by atoms with van der Waals surface area (Å²) in [5, 5.41) is 12.2. The van der Waals surface area contributed by atoms with E-state index in [4.69, 9.17) is 9.40 Å². The van der Waals surface area contributed by atoms with Crippen LogP contribution in [0, 0.1) is 125 Å². The van der Waals surface area contributed by atoms with Crippen LogP contribution in [0.2, 0.25) is 13.1 Å². The third kappa shape index (κ3) is 12.3. The van der Waals surface area contributed by atoms with Crippen molar-refractivity contribution in [3.63, 3.8) is 0 Å². The van der Waals surface area contributed by atoms with Gasteiger partial charge in [0.25, 0.3) is 0 Å². The molecule has 6 heterocycles. The van der Waals surface area contributed by atoms with Gasteiger partial charge in [0.05, 0.1) is 16.6 Å². The van der Waals surface area contributed by atoms with E-state index < -0.39 is 8.07 Å². The molecule has 0 aliphatic carbocycles. The molecular weight excluding hydrogens is 1120 g/mol. The molecule has 15 rings (SSSR count). The molecule has 9 aromatic carbocycles. The van der Waals surface area contributed by atoms with Crippen LogP contribution in [0.25, 0.3) is 85.9 Å². The second-order valence-corrected chi connectivity index (χ2v) is 30.8. The van der Waals surface area contributed by atoms with Crippen molar-refractivity contribution < 1.29 is 4.42 Å². The summed E-state index contributed by atoms with van der Waals surface area (Å²) in [5.74, 6) is 0. The second kappa shape index (κ2) is 25.9. The molecule has 0 saturated carbocycles. The molecule has 5 aromatic heterocycles. The first-order chi connectivity index (χ1) is 42.4. The van der Waals surface area contributed by atoms with Crippen LogP contribution in [0.1, 0.15) is 100 Å². The van der Waals surface area contributed by atoms with Crippen LogP contribution >= 0.6 is 11.3 Å². The summed E-state index contributed by atoms with van der Waals surface area (Å²) in [6, 6.07) is 53.9. The van der Waals surface area contributed by atoms with E-state index in [-0.39, 0.29) is 0 Å². The van der Waals surface area contributed by atoms with E-state index in [1.54, 1.807) is 10.4 Å². The normalized spacial score (nSPS) is 11.9. The highest BCUT2D eigenvalue weighted by atomic mass is 32.1. The second-order valence-electron chi connectivity index (χ2n) is 25.4. The molecule has 450 valence electrons. The number of pyridine rings is 3. The number of rotatable bonds is 0. The summed E-state index contributed by atoms with van der Waals surface area (Å²) >= 11 is 1.91.